The van der Waals surface area contributed by atoms with Gasteiger partial charge in [0, 0.05) is 36.9 Å². The minimum atomic E-state index is -3.80. The van der Waals surface area contributed by atoms with E-state index < -0.39 is 15.4 Å². The van der Waals surface area contributed by atoms with Gasteiger partial charge in [-0.15, -0.1) is 5.10 Å². The summed E-state index contributed by atoms with van der Waals surface area (Å²) in [6.45, 7) is 3.25. The Bertz CT molecular complexity index is 1840. The van der Waals surface area contributed by atoms with Crippen LogP contribution in [0.3, 0.4) is 0 Å². The van der Waals surface area contributed by atoms with Gasteiger partial charge in [-0.05, 0) is 72.5 Å². The zero-order valence-corrected chi connectivity index (χ0v) is 22.8. The van der Waals surface area contributed by atoms with Gasteiger partial charge < -0.3 is 4.74 Å². The number of hydrogen-bond donors (Lipinski definition) is 0. The van der Waals surface area contributed by atoms with E-state index >= 15 is 0 Å². The summed E-state index contributed by atoms with van der Waals surface area (Å²) in [6.07, 6.45) is 3.09. The number of fused-ring (bicyclic) bond motifs is 2. The molecule has 3 unspecified atom stereocenters. The Kier molecular flexibility index (Phi) is 5.59. The third-order valence-electron chi connectivity index (χ3n) is 8.38. The summed E-state index contributed by atoms with van der Waals surface area (Å²) in [4.78, 5) is 1.26. The standard InChI is InChI=1S/C29H27FN6O3S/c1-19-12-27-20(14-32-36(27)22-10-8-21(30)9-11-22)13-24(19)29-18-35(40(37,38)28-15-31-34(2)33-28)16-25(29)26(29)17-39-23-6-4-3-5-7-23/h3-15,25-26H,16-18H2,1-2H3. The normalized spacial score (nSPS) is 22.5. The van der Waals surface area contributed by atoms with E-state index in [-0.39, 0.29) is 22.7 Å². The van der Waals surface area contributed by atoms with Crippen LogP contribution in [0, 0.1) is 24.6 Å². The van der Waals surface area contributed by atoms with Crippen LogP contribution in [-0.2, 0) is 22.5 Å². The zero-order valence-electron chi connectivity index (χ0n) is 22.0. The number of aryl methyl sites for hydroxylation is 2. The fourth-order valence-electron chi connectivity index (χ4n) is 6.39. The Morgan fingerprint density at radius 2 is 1.82 bits per heavy atom. The fraction of sp³-hybridized carbons (Fsp3) is 0.276. The highest BCUT2D eigenvalue weighted by molar-refractivity contribution is 7.89. The Balaban J connectivity index is 1.26. The second kappa shape index (κ2) is 8.97. The molecule has 0 amide bonds. The van der Waals surface area contributed by atoms with Gasteiger partial charge >= 0.3 is 0 Å². The van der Waals surface area contributed by atoms with Crippen LogP contribution in [0.1, 0.15) is 11.1 Å². The lowest BCUT2D eigenvalue weighted by atomic mass is 9.88. The molecule has 3 atom stereocenters. The minimum absolute atomic E-state index is 0.0451. The molecule has 7 rings (SSSR count). The van der Waals surface area contributed by atoms with Crippen molar-refractivity contribution >= 4 is 20.9 Å². The van der Waals surface area contributed by atoms with Crippen molar-refractivity contribution in [1.29, 1.82) is 0 Å². The monoisotopic (exact) mass is 558 g/mol. The van der Waals surface area contributed by atoms with Gasteiger partial charge in [-0.1, -0.05) is 18.2 Å². The fourth-order valence-corrected chi connectivity index (χ4v) is 7.79. The van der Waals surface area contributed by atoms with E-state index in [1.807, 2.05) is 30.3 Å². The Hall–Kier alpha value is -4.09. The lowest BCUT2D eigenvalue weighted by Crippen LogP contribution is -2.36. The maximum atomic E-state index is 13.5. The second-order valence-electron chi connectivity index (χ2n) is 10.6. The number of hydrogen-bond acceptors (Lipinski definition) is 6. The van der Waals surface area contributed by atoms with Crippen LogP contribution in [0.2, 0.25) is 0 Å². The van der Waals surface area contributed by atoms with E-state index in [4.69, 9.17) is 4.74 Å². The summed E-state index contributed by atoms with van der Waals surface area (Å²) in [5, 5.41) is 13.5. The highest BCUT2D eigenvalue weighted by Gasteiger charge is 2.71. The molecule has 5 aromatic rings. The molecule has 40 heavy (non-hydrogen) atoms. The first-order chi connectivity index (χ1) is 19.3. The first-order valence-corrected chi connectivity index (χ1v) is 14.5. The molecular weight excluding hydrogens is 531 g/mol. The molecule has 0 spiro atoms. The highest BCUT2D eigenvalue weighted by atomic mass is 32.2. The number of ether oxygens (including phenoxy) is 1. The molecule has 204 valence electrons. The number of para-hydroxylation sites is 1. The molecule has 1 saturated carbocycles. The quantitative estimate of drug-likeness (QED) is 0.301. The van der Waals surface area contributed by atoms with Crippen LogP contribution >= 0.6 is 0 Å². The maximum Gasteiger partial charge on any atom is 0.264 e. The number of sulfonamides is 1. The molecule has 0 radical (unpaired) electrons. The van der Waals surface area contributed by atoms with E-state index in [1.54, 1.807) is 30.1 Å². The zero-order chi connectivity index (χ0) is 27.6. The molecule has 2 aromatic heterocycles. The van der Waals surface area contributed by atoms with Gasteiger partial charge in [0.2, 0.25) is 5.03 Å². The van der Waals surface area contributed by atoms with Crippen LogP contribution in [0.15, 0.2) is 84.1 Å². The first kappa shape index (κ1) is 24.9. The van der Waals surface area contributed by atoms with Crippen LogP contribution in [0.4, 0.5) is 4.39 Å². The molecular formula is C29H27FN6O3S. The van der Waals surface area contributed by atoms with Gasteiger partial charge in [0.15, 0.2) is 0 Å². The average Bonchev–Trinajstić information content (AvgIpc) is 3.40. The summed E-state index contributed by atoms with van der Waals surface area (Å²) in [5.74, 6) is 0.721. The van der Waals surface area contributed by atoms with Crippen LogP contribution < -0.4 is 4.74 Å². The van der Waals surface area contributed by atoms with E-state index in [1.165, 1.54) is 27.4 Å². The molecule has 2 fully saturated rings. The number of piperidine rings is 1. The van der Waals surface area contributed by atoms with Gasteiger partial charge in [-0.2, -0.15) is 19.3 Å². The number of rotatable bonds is 7. The van der Waals surface area contributed by atoms with Gasteiger partial charge in [0.05, 0.1) is 30.2 Å². The lowest BCUT2D eigenvalue weighted by Gasteiger charge is -2.24. The lowest BCUT2D eigenvalue weighted by molar-refractivity contribution is 0.261. The average molecular weight is 559 g/mol. The summed E-state index contributed by atoms with van der Waals surface area (Å²) < 4.78 is 50.0. The molecule has 3 aromatic carbocycles. The van der Waals surface area contributed by atoms with Gasteiger partial charge in [-0.25, -0.2) is 17.5 Å². The van der Waals surface area contributed by atoms with Gasteiger partial charge in [0.1, 0.15) is 11.6 Å². The summed E-state index contributed by atoms with van der Waals surface area (Å²) in [5.41, 5.74) is 3.41. The third-order valence-corrected chi connectivity index (χ3v) is 10.1. The van der Waals surface area contributed by atoms with Crippen molar-refractivity contribution in [3.63, 3.8) is 0 Å². The Morgan fingerprint density at radius 3 is 2.55 bits per heavy atom. The number of aromatic nitrogens is 5. The van der Waals surface area contributed by atoms with Gasteiger partial charge in [-0.3, -0.25) is 0 Å². The summed E-state index contributed by atoms with van der Waals surface area (Å²) >= 11 is 0. The molecule has 2 aliphatic rings. The summed E-state index contributed by atoms with van der Waals surface area (Å²) in [6, 6.07) is 20.1. The van der Waals surface area contributed by atoms with E-state index in [0.717, 1.165) is 33.5 Å². The minimum Gasteiger partial charge on any atom is -0.493 e. The molecule has 9 nitrogen and oxygen atoms in total. The molecule has 1 aliphatic heterocycles. The number of benzene rings is 3. The van der Waals surface area contributed by atoms with E-state index in [0.29, 0.717) is 19.7 Å². The highest BCUT2D eigenvalue weighted by Crippen LogP contribution is 2.65. The van der Waals surface area contributed by atoms with Crippen LogP contribution in [0.25, 0.3) is 16.6 Å². The molecule has 0 bridgehead atoms. The van der Waals surface area contributed by atoms with Crippen molar-refractivity contribution < 1.29 is 17.5 Å². The maximum absolute atomic E-state index is 13.5. The van der Waals surface area contributed by atoms with Crippen molar-refractivity contribution in [3.8, 4) is 11.4 Å². The Labute approximate surface area is 230 Å². The number of halogens is 1. The molecule has 1 aliphatic carbocycles. The third kappa shape index (κ3) is 3.83. The van der Waals surface area contributed by atoms with Crippen molar-refractivity contribution in [2.75, 3.05) is 19.7 Å². The van der Waals surface area contributed by atoms with E-state index in [9.17, 15) is 12.8 Å². The van der Waals surface area contributed by atoms with Gasteiger partial charge in [0.25, 0.3) is 10.0 Å². The molecule has 0 N–H and O–H groups in total. The summed E-state index contributed by atoms with van der Waals surface area (Å²) in [7, 11) is -2.20. The predicted molar refractivity (Wildman–Crippen MR) is 146 cm³/mol. The SMILES string of the molecule is Cc1cc2c(cnn2-c2ccc(F)cc2)cc1C12CN(S(=O)(=O)c3cnn(C)n3)CC1C2COc1ccccc1. The Morgan fingerprint density at radius 1 is 1.05 bits per heavy atom. The molecule has 11 heteroatoms. The van der Waals surface area contributed by atoms with Crippen molar-refractivity contribution in [2.45, 2.75) is 17.4 Å². The number of nitrogens with zero attached hydrogens (tertiary/aromatic N) is 6. The van der Waals surface area contributed by atoms with E-state index in [2.05, 4.69) is 34.4 Å². The van der Waals surface area contributed by atoms with Crippen molar-refractivity contribution in [2.24, 2.45) is 18.9 Å². The second-order valence-corrected chi connectivity index (χ2v) is 12.5. The van der Waals surface area contributed by atoms with Crippen molar-refractivity contribution in [3.05, 3.63) is 96.1 Å². The first-order valence-electron chi connectivity index (χ1n) is 13.1. The topological polar surface area (TPSA) is 95.1 Å². The largest absolute Gasteiger partial charge is 0.493 e. The van der Waals surface area contributed by atoms with Crippen LogP contribution in [0.5, 0.6) is 5.75 Å². The van der Waals surface area contributed by atoms with Crippen LogP contribution in [-0.4, -0.2) is 57.2 Å². The molecule has 1 saturated heterocycles. The smallest absolute Gasteiger partial charge is 0.264 e. The molecule has 3 heterocycles. The van der Waals surface area contributed by atoms with Crippen molar-refractivity contribution in [1.82, 2.24) is 29.1 Å². The predicted octanol–water partition coefficient (Wildman–Crippen LogP) is 3.87.